The van der Waals surface area contributed by atoms with E-state index in [2.05, 4.69) is 0 Å². The fourth-order valence-electron chi connectivity index (χ4n) is 3.55. The van der Waals surface area contributed by atoms with Crippen molar-refractivity contribution >= 4 is 5.97 Å². The Morgan fingerprint density at radius 1 is 1.50 bits per heavy atom. The predicted molar refractivity (Wildman–Crippen MR) is 75.9 cm³/mol. The number of methoxy groups -OCH3 is 1. The van der Waals surface area contributed by atoms with Gasteiger partial charge in [0.2, 0.25) is 0 Å². The summed E-state index contributed by atoms with van der Waals surface area (Å²) < 4.78 is 4.78. The van der Waals surface area contributed by atoms with Crippen molar-refractivity contribution in [2.45, 2.75) is 45.8 Å². The summed E-state index contributed by atoms with van der Waals surface area (Å²) in [5, 5.41) is 20.7. The zero-order valence-electron chi connectivity index (χ0n) is 12.6. The highest BCUT2D eigenvalue weighted by molar-refractivity contribution is 5.72. The molecule has 0 heterocycles. The van der Waals surface area contributed by atoms with E-state index in [0.29, 0.717) is 12.8 Å². The lowest BCUT2D eigenvalue weighted by molar-refractivity contribution is -0.148. The molecule has 5 atom stereocenters. The number of hydrogen-bond acceptors (Lipinski definition) is 4. The van der Waals surface area contributed by atoms with Gasteiger partial charge in [0, 0.05) is 11.3 Å². The third-order valence-corrected chi connectivity index (χ3v) is 5.01. The molecule has 2 aliphatic rings. The average molecular weight is 280 g/mol. The van der Waals surface area contributed by atoms with E-state index in [-0.39, 0.29) is 17.8 Å². The molecule has 2 rings (SSSR count). The van der Waals surface area contributed by atoms with Crippen LogP contribution in [0.4, 0.5) is 0 Å². The second-order valence-electron chi connectivity index (χ2n) is 6.30. The Morgan fingerprint density at radius 2 is 2.15 bits per heavy atom. The first kappa shape index (κ1) is 15.3. The zero-order chi connectivity index (χ0) is 15.1. The van der Waals surface area contributed by atoms with E-state index in [1.165, 1.54) is 7.11 Å². The summed E-state index contributed by atoms with van der Waals surface area (Å²) >= 11 is 0. The molecule has 20 heavy (non-hydrogen) atoms. The summed E-state index contributed by atoms with van der Waals surface area (Å²) in [7, 11) is 1.36. The molecule has 0 aromatic rings. The van der Waals surface area contributed by atoms with Crippen molar-refractivity contribution in [1.29, 1.82) is 0 Å². The summed E-state index contributed by atoms with van der Waals surface area (Å²) in [5.41, 5.74) is 1.76. The van der Waals surface area contributed by atoms with Crippen molar-refractivity contribution < 1.29 is 19.7 Å². The maximum absolute atomic E-state index is 11.7. The second-order valence-corrected chi connectivity index (χ2v) is 6.30. The van der Waals surface area contributed by atoms with Crippen molar-refractivity contribution in [3.05, 3.63) is 23.3 Å². The Labute approximate surface area is 120 Å². The summed E-state index contributed by atoms with van der Waals surface area (Å²) in [6.45, 7) is 5.79. The van der Waals surface area contributed by atoms with Crippen LogP contribution in [0.1, 0.15) is 33.6 Å². The van der Waals surface area contributed by atoms with Crippen LogP contribution in [0.3, 0.4) is 0 Å². The smallest absolute Gasteiger partial charge is 0.309 e. The molecular weight excluding hydrogens is 256 g/mol. The van der Waals surface area contributed by atoms with Gasteiger partial charge < -0.3 is 14.9 Å². The van der Waals surface area contributed by atoms with Gasteiger partial charge in [0.15, 0.2) is 0 Å². The van der Waals surface area contributed by atoms with E-state index in [1.807, 2.05) is 26.0 Å². The first-order valence-electron chi connectivity index (χ1n) is 7.14. The first-order valence-corrected chi connectivity index (χ1v) is 7.14. The highest BCUT2D eigenvalue weighted by Gasteiger charge is 2.47. The minimum atomic E-state index is -0.640. The van der Waals surface area contributed by atoms with E-state index in [0.717, 1.165) is 11.1 Å². The fraction of sp³-hybridized carbons (Fsp3) is 0.688. The van der Waals surface area contributed by atoms with Gasteiger partial charge in [0.1, 0.15) is 0 Å². The Morgan fingerprint density at radius 3 is 2.75 bits per heavy atom. The lowest BCUT2D eigenvalue weighted by atomic mass is 9.60. The number of allylic oxidation sites excluding steroid dienone is 1. The van der Waals surface area contributed by atoms with Crippen LogP contribution in [0, 0.1) is 17.3 Å². The van der Waals surface area contributed by atoms with Crippen molar-refractivity contribution in [2.75, 3.05) is 7.11 Å². The van der Waals surface area contributed by atoms with Gasteiger partial charge in [-0.25, -0.2) is 0 Å². The van der Waals surface area contributed by atoms with Crippen LogP contribution < -0.4 is 0 Å². The van der Waals surface area contributed by atoms with Crippen LogP contribution in [0.2, 0.25) is 0 Å². The van der Waals surface area contributed by atoms with Gasteiger partial charge in [-0.15, -0.1) is 0 Å². The molecule has 0 amide bonds. The van der Waals surface area contributed by atoms with Crippen LogP contribution in [0.5, 0.6) is 0 Å². The molecule has 0 spiro atoms. The molecule has 0 saturated carbocycles. The van der Waals surface area contributed by atoms with Crippen molar-refractivity contribution in [3.63, 3.8) is 0 Å². The van der Waals surface area contributed by atoms with E-state index < -0.39 is 17.6 Å². The average Bonchev–Trinajstić information content (AvgIpc) is 2.41. The van der Waals surface area contributed by atoms with Gasteiger partial charge >= 0.3 is 5.97 Å². The van der Waals surface area contributed by atoms with Gasteiger partial charge in [0.25, 0.3) is 0 Å². The highest BCUT2D eigenvalue weighted by Crippen LogP contribution is 2.49. The molecule has 2 N–H and O–H groups in total. The molecular formula is C16H24O4. The minimum Gasteiger partial charge on any atom is -0.469 e. The number of fused-ring (bicyclic) bond motifs is 1. The molecule has 2 aliphatic carbocycles. The Kier molecular flexibility index (Phi) is 4.07. The number of carbonyl (C=O) groups is 1. The van der Waals surface area contributed by atoms with Crippen LogP contribution in [-0.4, -0.2) is 35.5 Å². The SMILES string of the molecule is COC(=O)C(C)C1C=C2C(C)=CCC(O)C2(C)CC1O. The Bertz CT molecular complexity index is 465. The summed E-state index contributed by atoms with van der Waals surface area (Å²) in [6, 6.07) is 0. The lowest BCUT2D eigenvalue weighted by Gasteiger charge is -2.47. The standard InChI is InChI=1S/C16H24O4/c1-9-5-6-14(18)16(3)8-13(17)11(7-12(9)16)10(2)15(19)20-4/h5,7,10-11,13-14,17-18H,6,8H2,1-4H3. The molecule has 4 heteroatoms. The number of rotatable bonds is 2. The van der Waals surface area contributed by atoms with E-state index in [1.54, 1.807) is 6.92 Å². The predicted octanol–water partition coefficient (Wildman–Crippen LogP) is 1.82. The molecule has 5 unspecified atom stereocenters. The number of aliphatic hydroxyl groups excluding tert-OH is 2. The fourth-order valence-corrected chi connectivity index (χ4v) is 3.55. The Balaban J connectivity index is 2.40. The lowest BCUT2D eigenvalue weighted by Crippen LogP contribution is -2.46. The van der Waals surface area contributed by atoms with Gasteiger partial charge in [-0.2, -0.15) is 0 Å². The molecule has 0 aromatic carbocycles. The monoisotopic (exact) mass is 280 g/mol. The molecule has 0 fully saturated rings. The van der Waals surface area contributed by atoms with Gasteiger partial charge in [0.05, 0.1) is 25.2 Å². The van der Waals surface area contributed by atoms with E-state index >= 15 is 0 Å². The highest BCUT2D eigenvalue weighted by atomic mass is 16.5. The summed E-state index contributed by atoms with van der Waals surface area (Å²) in [6.07, 6.45) is 3.94. The van der Waals surface area contributed by atoms with Crippen molar-refractivity contribution in [1.82, 2.24) is 0 Å². The zero-order valence-corrected chi connectivity index (χ0v) is 12.6. The van der Waals surface area contributed by atoms with Crippen LogP contribution in [-0.2, 0) is 9.53 Å². The number of hydrogen-bond donors (Lipinski definition) is 2. The minimum absolute atomic E-state index is 0.265. The van der Waals surface area contributed by atoms with E-state index in [4.69, 9.17) is 4.74 Å². The second kappa shape index (κ2) is 5.34. The largest absolute Gasteiger partial charge is 0.469 e. The van der Waals surface area contributed by atoms with Crippen LogP contribution in [0.25, 0.3) is 0 Å². The van der Waals surface area contributed by atoms with Gasteiger partial charge in [-0.05, 0) is 25.3 Å². The molecule has 4 nitrogen and oxygen atoms in total. The van der Waals surface area contributed by atoms with Gasteiger partial charge in [-0.1, -0.05) is 31.6 Å². The van der Waals surface area contributed by atoms with Crippen molar-refractivity contribution in [2.24, 2.45) is 17.3 Å². The van der Waals surface area contributed by atoms with Crippen LogP contribution >= 0.6 is 0 Å². The number of aliphatic hydroxyl groups is 2. The Hall–Kier alpha value is -1.13. The quantitative estimate of drug-likeness (QED) is 0.757. The molecule has 0 saturated heterocycles. The van der Waals surface area contributed by atoms with Crippen LogP contribution in [0.15, 0.2) is 23.3 Å². The molecule has 0 aromatic heterocycles. The number of carbonyl (C=O) groups excluding carboxylic acids is 1. The third-order valence-electron chi connectivity index (χ3n) is 5.01. The molecule has 0 bridgehead atoms. The summed E-state index contributed by atoms with van der Waals surface area (Å²) in [5.74, 6) is -0.967. The van der Waals surface area contributed by atoms with Crippen molar-refractivity contribution in [3.8, 4) is 0 Å². The van der Waals surface area contributed by atoms with E-state index in [9.17, 15) is 15.0 Å². The number of ether oxygens (including phenoxy) is 1. The topological polar surface area (TPSA) is 66.8 Å². The van der Waals surface area contributed by atoms with Gasteiger partial charge in [-0.3, -0.25) is 4.79 Å². The first-order chi connectivity index (χ1) is 9.31. The molecule has 112 valence electrons. The molecule has 0 radical (unpaired) electrons. The third kappa shape index (κ3) is 2.31. The molecule has 0 aliphatic heterocycles. The summed E-state index contributed by atoms with van der Waals surface area (Å²) in [4.78, 5) is 11.7. The maximum atomic E-state index is 11.7. The number of esters is 1. The normalized spacial score (nSPS) is 38.4. The maximum Gasteiger partial charge on any atom is 0.309 e.